The number of likely N-dealkylation sites (N-methyl/N-ethyl adjacent to an activating group) is 1. The molecule has 0 radical (unpaired) electrons. The van der Waals surface area contributed by atoms with E-state index in [1.54, 1.807) is 12.1 Å². The van der Waals surface area contributed by atoms with Crippen molar-refractivity contribution in [2.45, 2.75) is 0 Å². The third-order valence-electron chi connectivity index (χ3n) is 5.01. The van der Waals surface area contributed by atoms with Crippen molar-refractivity contribution in [2.75, 3.05) is 49.2 Å². The molecule has 0 bridgehead atoms. The maximum absolute atomic E-state index is 12.4. The number of nitrogen functional groups attached to an aromatic ring is 1. The van der Waals surface area contributed by atoms with Crippen LogP contribution in [0.25, 0.3) is 11.3 Å². The van der Waals surface area contributed by atoms with Crippen LogP contribution < -0.4 is 16.0 Å². The number of nitrogens with zero attached hydrogens (tertiary/aromatic N) is 4. The van der Waals surface area contributed by atoms with Crippen LogP contribution in [-0.4, -0.2) is 54.0 Å². The van der Waals surface area contributed by atoms with Gasteiger partial charge < -0.3 is 20.9 Å². The maximum atomic E-state index is 12.4. The molecule has 0 unspecified atom stereocenters. The number of piperazine rings is 1. The summed E-state index contributed by atoms with van der Waals surface area (Å²) in [7, 11) is 2.12. The summed E-state index contributed by atoms with van der Waals surface area (Å²) in [6.07, 6.45) is 0. The molecule has 0 aliphatic carbocycles. The Labute approximate surface area is 170 Å². The zero-order valence-electron chi connectivity index (χ0n) is 16.4. The molecule has 1 saturated heterocycles. The van der Waals surface area contributed by atoms with E-state index in [-0.39, 0.29) is 11.9 Å². The van der Waals surface area contributed by atoms with Crippen LogP contribution in [0.5, 0.6) is 0 Å². The molecule has 148 valence electrons. The highest BCUT2D eigenvalue weighted by molar-refractivity contribution is 6.04. The Hall–Kier alpha value is -3.45. The normalized spacial score (nSPS) is 14.6. The first-order valence-electron chi connectivity index (χ1n) is 9.63. The third-order valence-corrected chi connectivity index (χ3v) is 5.01. The minimum Gasteiger partial charge on any atom is -0.368 e. The van der Waals surface area contributed by atoms with Gasteiger partial charge in [0.05, 0.1) is 5.69 Å². The molecular weight excluding hydrogens is 364 g/mol. The lowest BCUT2D eigenvalue weighted by Gasteiger charge is -2.33. The topological polar surface area (TPSA) is 87.4 Å². The highest BCUT2D eigenvalue weighted by Gasteiger charge is 2.17. The highest BCUT2D eigenvalue weighted by atomic mass is 16.1. The summed E-state index contributed by atoms with van der Waals surface area (Å²) in [5, 5.41) is 2.94. The lowest BCUT2D eigenvalue weighted by atomic mass is 10.1. The van der Waals surface area contributed by atoms with Gasteiger partial charge in [-0.1, -0.05) is 30.3 Å². The smallest absolute Gasteiger partial charge is 0.255 e. The number of nitrogens with two attached hydrogens (primary N) is 1. The summed E-state index contributed by atoms with van der Waals surface area (Å²) in [6.45, 7) is 3.78. The van der Waals surface area contributed by atoms with Crippen molar-refractivity contribution in [1.82, 2.24) is 14.9 Å². The van der Waals surface area contributed by atoms with Gasteiger partial charge in [0.15, 0.2) is 0 Å². The second-order valence-corrected chi connectivity index (χ2v) is 7.16. The van der Waals surface area contributed by atoms with Crippen molar-refractivity contribution in [2.24, 2.45) is 0 Å². The van der Waals surface area contributed by atoms with E-state index < -0.39 is 0 Å². The Morgan fingerprint density at radius 1 is 0.966 bits per heavy atom. The summed E-state index contributed by atoms with van der Waals surface area (Å²) < 4.78 is 0. The number of rotatable bonds is 4. The summed E-state index contributed by atoms with van der Waals surface area (Å²) in [4.78, 5) is 25.8. The highest BCUT2D eigenvalue weighted by Crippen LogP contribution is 2.26. The first kappa shape index (κ1) is 18.9. The Bertz CT molecular complexity index is 999. The minimum atomic E-state index is -0.150. The Kier molecular flexibility index (Phi) is 5.39. The fourth-order valence-electron chi connectivity index (χ4n) is 3.35. The van der Waals surface area contributed by atoms with Crippen LogP contribution >= 0.6 is 0 Å². The molecule has 1 aliphatic rings. The summed E-state index contributed by atoms with van der Waals surface area (Å²) in [6, 6.07) is 18.7. The van der Waals surface area contributed by atoms with Crippen LogP contribution in [0.2, 0.25) is 0 Å². The van der Waals surface area contributed by atoms with E-state index in [2.05, 4.69) is 32.1 Å². The molecule has 7 heteroatoms. The molecule has 0 spiro atoms. The van der Waals surface area contributed by atoms with Crippen molar-refractivity contribution < 1.29 is 4.79 Å². The zero-order valence-corrected chi connectivity index (χ0v) is 16.4. The van der Waals surface area contributed by atoms with Crippen molar-refractivity contribution >= 4 is 23.4 Å². The van der Waals surface area contributed by atoms with Crippen LogP contribution in [0, 0.1) is 0 Å². The van der Waals surface area contributed by atoms with E-state index in [4.69, 9.17) is 5.73 Å². The van der Waals surface area contributed by atoms with E-state index >= 15 is 0 Å². The van der Waals surface area contributed by atoms with Gasteiger partial charge in [0.1, 0.15) is 5.82 Å². The largest absolute Gasteiger partial charge is 0.368 e. The molecular formula is C22H24N6O. The number of benzene rings is 2. The number of carbonyl (C=O) groups excluding carboxylic acids is 1. The van der Waals surface area contributed by atoms with Crippen molar-refractivity contribution in [3.8, 4) is 11.3 Å². The molecule has 1 aromatic heterocycles. The molecule has 0 saturated carbocycles. The molecule has 7 nitrogen and oxygen atoms in total. The monoisotopic (exact) mass is 388 g/mol. The molecule has 3 N–H and O–H groups in total. The Balaban J connectivity index is 1.57. The van der Waals surface area contributed by atoms with Gasteiger partial charge in [-0.05, 0) is 31.3 Å². The van der Waals surface area contributed by atoms with Gasteiger partial charge in [-0.3, -0.25) is 4.79 Å². The molecule has 2 heterocycles. The Morgan fingerprint density at radius 3 is 2.48 bits per heavy atom. The van der Waals surface area contributed by atoms with Crippen LogP contribution in [0.3, 0.4) is 0 Å². The van der Waals surface area contributed by atoms with E-state index in [0.29, 0.717) is 11.3 Å². The van der Waals surface area contributed by atoms with Gasteiger partial charge >= 0.3 is 0 Å². The van der Waals surface area contributed by atoms with E-state index in [1.165, 1.54) is 0 Å². The molecule has 2 aromatic carbocycles. The molecule has 1 amide bonds. The van der Waals surface area contributed by atoms with Gasteiger partial charge in [-0.25, -0.2) is 4.98 Å². The third kappa shape index (κ3) is 4.52. The van der Waals surface area contributed by atoms with E-state index in [1.807, 2.05) is 48.5 Å². The number of amides is 1. The molecule has 4 rings (SSSR count). The standard InChI is InChI=1S/C22H24N6O/c1-27-10-12-28(13-11-27)20-15-19(25-22(23)26-20)17-8-5-9-18(14-17)24-21(29)16-6-3-2-4-7-16/h2-9,14-15H,10-13H2,1H3,(H,24,29)(H2,23,25,26). The average Bonchev–Trinajstić information content (AvgIpc) is 2.74. The predicted molar refractivity (Wildman–Crippen MR) is 116 cm³/mol. The van der Waals surface area contributed by atoms with Crippen LogP contribution in [-0.2, 0) is 0 Å². The average molecular weight is 388 g/mol. The fourth-order valence-corrected chi connectivity index (χ4v) is 3.35. The number of nitrogens with one attached hydrogen (secondary N) is 1. The fraction of sp³-hybridized carbons (Fsp3) is 0.227. The number of hydrogen-bond acceptors (Lipinski definition) is 6. The van der Waals surface area contributed by atoms with Gasteiger partial charge in [0.2, 0.25) is 5.95 Å². The predicted octanol–water partition coefficient (Wildman–Crippen LogP) is 2.73. The quantitative estimate of drug-likeness (QED) is 0.715. The number of hydrogen-bond donors (Lipinski definition) is 2. The second kappa shape index (κ2) is 8.28. The minimum absolute atomic E-state index is 0.150. The van der Waals surface area contributed by atoms with E-state index in [9.17, 15) is 4.79 Å². The lowest BCUT2D eigenvalue weighted by Crippen LogP contribution is -2.44. The summed E-state index contributed by atoms with van der Waals surface area (Å²) in [5.74, 6) is 0.928. The van der Waals surface area contributed by atoms with Gasteiger partial charge in [0.25, 0.3) is 5.91 Å². The van der Waals surface area contributed by atoms with Crippen LogP contribution in [0.1, 0.15) is 10.4 Å². The van der Waals surface area contributed by atoms with Crippen LogP contribution in [0.15, 0.2) is 60.7 Å². The molecule has 1 aliphatic heterocycles. The van der Waals surface area contributed by atoms with Crippen LogP contribution in [0.4, 0.5) is 17.5 Å². The molecule has 1 fully saturated rings. The number of carbonyl (C=O) groups is 1. The van der Waals surface area contributed by atoms with Crippen molar-refractivity contribution in [1.29, 1.82) is 0 Å². The number of aromatic nitrogens is 2. The summed E-state index contributed by atoms with van der Waals surface area (Å²) in [5.41, 5.74) is 8.93. The lowest BCUT2D eigenvalue weighted by molar-refractivity contribution is 0.102. The van der Waals surface area contributed by atoms with E-state index in [0.717, 1.165) is 43.3 Å². The second-order valence-electron chi connectivity index (χ2n) is 7.16. The Morgan fingerprint density at radius 2 is 1.72 bits per heavy atom. The van der Waals surface area contributed by atoms with Gasteiger partial charge in [-0.2, -0.15) is 4.98 Å². The maximum Gasteiger partial charge on any atom is 0.255 e. The zero-order chi connectivity index (χ0) is 20.2. The first-order chi connectivity index (χ1) is 14.1. The first-order valence-corrected chi connectivity index (χ1v) is 9.63. The number of anilines is 3. The van der Waals surface area contributed by atoms with Crippen molar-refractivity contribution in [3.63, 3.8) is 0 Å². The molecule has 0 atom stereocenters. The summed E-state index contributed by atoms with van der Waals surface area (Å²) >= 11 is 0. The molecule has 29 heavy (non-hydrogen) atoms. The molecule has 3 aromatic rings. The van der Waals surface area contributed by atoms with Gasteiger partial charge in [0, 0.05) is 49.1 Å². The SMILES string of the molecule is CN1CCN(c2cc(-c3cccc(NC(=O)c4ccccc4)c3)nc(N)n2)CC1. The van der Waals surface area contributed by atoms with Gasteiger partial charge in [-0.15, -0.1) is 0 Å². The van der Waals surface area contributed by atoms with Crippen molar-refractivity contribution in [3.05, 3.63) is 66.2 Å².